The average Bonchev–Trinajstić information content (AvgIpc) is 3.05. The van der Waals surface area contributed by atoms with E-state index in [1.54, 1.807) is 6.33 Å². The number of nitrogens with zero attached hydrogens (tertiary/aromatic N) is 2. The van der Waals surface area contributed by atoms with Crippen molar-refractivity contribution in [3.8, 4) is 0 Å². The van der Waals surface area contributed by atoms with Gasteiger partial charge in [-0.1, -0.05) is 0 Å². The van der Waals surface area contributed by atoms with Crippen LogP contribution in [0.15, 0.2) is 6.33 Å². The zero-order chi connectivity index (χ0) is 13.5. The number of amides is 1. The second-order valence-corrected chi connectivity index (χ2v) is 5.91. The summed E-state index contributed by atoms with van der Waals surface area (Å²) < 4.78 is 0. The van der Waals surface area contributed by atoms with E-state index < -0.39 is 5.60 Å². The zero-order valence-electron chi connectivity index (χ0n) is 11.4. The SMILES string of the molecule is Cc1[nH]cnc1CC(=O)N1CCC(C2(O)CC2)CC1. The first-order valence-electron chi connectivity index (χ1n) is 7.07. The summed E-state index contributed by atoms with van der Waals surface area (Å²) in [6.07, 6.45) is 5.76. The minimum Gasteiger partial charge on any atom is -0.390 e. The highest BCUT2D eigenvalue weighted by molar-refractivity contribution is 5.78. The summed E-state index contributed by atoms with van der Waals surface area (Å²) >= 11 is 0. The van der Waals surface area contributed by atoms with E-state index in [0.29, 0.717) is 12.3 Å². The molecule has 3 rings (SSSR count). The molecule has 1 aromatic heterocycles. The lowest BCUT2D eigenvalue weighted by molar-refractivity contribution is -0.132. The normalized spacial score (nSPS) is 22.5. The summed E-state index contributed by atoms with van der Waals surface area (Å²) in [5.41, 5.74) is 1.41. The van der Waals surface area contributed by atoms with E-state index in [1.807, 2.05) is 11.8 Å². The van der Waals surface area contributed by atoms with Crippen molar-refractivity contribution in [2.75, 3.05) is 13.1 Å². The Labute approximate surface area is 113 Å². The highest BCUT2D eigenvalue weighted by Crippen LogP contribution is 2.46. The minimum atomic E-state index is -0.395. The van der Waals surface area contributed by atoms with Gasteiger partial charge in [0.25, 0.3) is 0 Å². The maximum atomic E-state index is 12.2. The molecule has 1 aliphatic heterocycles. The number of piperidine rings is 1. The fourth-order valence-electron chi connectivity index (χ4n) is 3.02. The fourth-order valence-corrected chi connectivity index (χ4v) is 3.02. The van der Waals surface area contributed by atoms with Gasteiger partial charge in [-0.25, -0.2) is 4.98 Å². The third-order valence-electron chi connectivity index (χ3n) is 4.62. The molecule has 1 amide bonds. The Morgan fingerprint density at radius 1 is 1.53 bits per heavy atom. The van der Waals surface area contributed by atoms with E-state index in [9.17, 15) is 9.90 Å². The summed E-state index contributed by atoms with van der Waals surface area (Å²) in [6.45, 7) is 3.48. The Balaban J connectivity index is 1.53. The lowest BCUT2D eigenvalue weighted by Crippen LogP contribution is -2.42. The largest absolute Gasteiger partial charge is 0.390 e. The van der Waals surface area contributed by atoms with Crippen molar-refractivity contribution >= 4 is 5.91 Å². The molecule has 1 saturated heterocycles. The van der Waals surface area contributed by atoms with Gasteiger partial charge in [0.05, 0.1) is 24.0 Å². The second-order valence-electron chi connectivity index (χ2n) is 5.91. The number of imidazole rings is 1. The van der Waals surface area contributed by atoms with E-state index in [4.69, 9.17) is 0 Å². The van der Waals surface area contributed by atoms with E-state index in [-0.39, 0.29) is 5.91 Å². The minimum absolute atomic E-state index is 0.149. The van der Waals surface area contributed by atoms with E-state index in [1.165, 1.54) is 0 Å². The third kappa shape index (κ3) is 2.52. The maximum absolute atomic E-state index is 12.2. The molecule has 2 N–H and O–H groups in total. The van der Waals surface area contributed by atoms with Crippen molar-refractivity contribution in [1.29, 1.82) is 0 Å². The monoisotopic (exact) mass is 263 g/mol. The highest BCUT2D eigenvalue weighted by Gasteiger charge is 2.48. The second kappa shape index (κ2) is 4.63. The lowest BCUT2D eigenvalue weighted by Gasteiger charge is -2.34. The summed E-state index contributed by atoms with van der Waals surface area (Å²) in [6, 6.07) is 0. The van der Waals surface area contributed by atoms with Crippen LogP contribution in [0.4, 0.5) is 0 Å². The number of likely N-dealkylation sites (tertiary alicyclic amines) is 1. The van der Waals surface area contributed by atoms with Gasteiger partial charge in [0.2, 0.25) is 5.91 Å². The number of aromatic nitrogens is 2. The average molecular weight is 263 g/mol. The molecule has 1 saturated carbocycles. The van der Waals surface area contributed by atoms with Crippen LogP contribution in [0.1, 0.15) is 37.1 Å². The molecule has 1 aliphatic carbocycles. The summed E-state index contributed by atoms with van der Waals surface area (Å²) in [4.78, 5) is 21.3. The van der Waals surface area contributed by atoms with Crippen molar-refractivity contribution < 1.29 is 9.90 Å². The zero-order valence-corrected chi connectivity index (χ0v) is 11.4. The number of H-pyrrole nitrogens is 1. The molecule has 5 heteroatoms. The Bertz CT molecular complexity index is 471. The number of carbonyl (C=O) groups excluding carboxylic acids is 1. The molecule has 0 radical (unpaired) electrons. The molecule has 2 fully saturated rings. The van der Waals surface area contributed by atoms with Gasteiger partial charge in [-0.2, -0.15) is 0 Å². The van der Waals surface area contributed by atoms with Crippen molar-refractivity contribution in [2.24, 2.45) is 5.92 Å². The van der Waals surface area contributed by atoms with Crippen LogP contribution in [0, 0.1) is 12.8 Å². The molecule has 5 nitrogen and oxygen atoms in total. The number of aliphatic hydroxyl groups is 1. The number of aryl methyl sites for hydroxylation is 1. The van der Waals surface area contributed by atoms with Gasteiger partial charge >= 0.3 is 0 Å². The van der Waals surface area contributed by atoms with E-state index in [0.717, 1.165) is 50.2 Å². The van der Waals surface area contributed by atoms with Crippen molar-refractivity contribution in [2.45, 2.75) is 44.6 Å². The van der Waals surface area contributed by atoms with Crippen LogP contribution in [0.25, 0.3) is 0 Å². The Morgan fingerprint density at radius 2 is 2.21 bits per heavy atom. The Hall–Kier alpha value is -1.36. The van der Waals surface area contributed by atoms with Gasteiger partial charge in [0.1, 0.15) is 0 Å². The molecule has 0 atom stereocenters. The van der Waals surface area contributed by atoms with Gasteiger partial charge in [-0.15, -0.1) is 0 Å². The topological polar surface area (TPSA) is 69.2 Å². The standard InChI is InChI=1S/C14H21N3O2/c1-10-12(16-9-15-10)8-13(18)17-6-2-11(3-7-17)14(19)4-5-14/h9,11,19H,2-8H2,1H3,(H,15,16). The van der Waals surface area contributed by atoms with Crippen molar-refractivity contribution in [3.63, 3.8) is 0 Å². The number of aromatic amines is 1. The first-order chi connectivity index (χ1) is 9.08. The third-order valence-corrected chi connectivity index (χ3v) is 4.62. The quantitative estimate of drug-likeness (QED) is 0.855. The van der Waals surface area contributed by atoms with Gasteiger partial charge in [0.15, 0.2) is 0 Å². The van der Waals surface area contributed by atoms with Crippen LogP contribution in [-0.2, 0) is 11.2 Å². The molecular formula is C14H21N3O2. The predicted molar refractivity (Wildman–Crippen MR) is 70.5 cm³/mol. The summed E-state index contributed by atoms with van der Waals surface area (Å²) in [5, 5.41) is 10.1. The summed E-state index contributed by atoms with van der Waals surface area (Å²) in [5.74, 6) is 0.542. The molecule has 0 unspecified atom stereocenters. The number of hydrogen-bond donors (Lipinski definition) is 2. The lowest BCUT2D eigenvalue weighted by atomic mass is 9.89. The van der Waals surface area contributed by atoms with E-state index in [2.05, 4.69) is 9.97 Å². The molecule has 104 valence electrons. The van der Waals surface area contributed by atoms with Crippen LogP contribution in [0.5, 0.6) is 0 Å². The van der Waals surface area contributed by atoms with E-state index >= 15 is 0 Å². The van der Waals surface area contributed by atoms with Crippen LogP contribution in [0.2, 0.25) is 0 Å². The van der Waals surface area contributed by atoms with Gasteiger partial charge in [-0.3, -0.25) is 4.79 Å². The molecule has 2 heterocycles. The number of nitrogens with one attached hydrogen (secondary N) is 1. The molecule has 0 spiro atoms. The maximum Gasteiger partial charge on any atom is 0.228 e. The van der Waals surface area contributed by atoms with Crippen LogP contribution in [0.3, 0.4) is 0 Å². The van der Waals surface area contributed by atoms with Gasteiger partial charge < -0.3 is 15.0 Å². The number of hydrogen-bond acceptors (Lipinski definition) is 3. The summed E-state index contributed by atoms with van der Waals surface area (Å²) in [7, 11) is 0. The molecule has 1 aromatic rings. The van der Waals surface area contributed by atoms with Crippen LogP contribution < -0.4 is 0 Å². The molecule has 2 aliphatic rings. The first-order valence-corrected chi connectivity index (χ1v) is 7.07. The first kappa shape index (κ1) is 12.7. The molecule has 19 heavy (non-hydrogen) atoms. The molecular weight excluding hydrogens is 242 g/mol. The number of carbonyl (C=O) groups is 1. The molecule has 0 aromatic carbocycles. The smallest absolute Gasteiger partial charge is 0.228 e. The predicted octanol–water partition coefficient (Wildman–Crippen LogP) is 1.02. The molecule has 0 bridgehead atoms. The Morgan fingerprint density at radius 3 is 2.74 bits per heavy atom. The van der Waals surface area contributed by atoms with Crippen LogP contribution >= 0.6 is 0 Å². The van der Waals surface area contributed by atoms with Crippen molar-refractivity contribution in [3.05, 3.63) is 17.7 Å². The highest BCUT2D eigenvalue weighted by atomic mass is 16.3. The number of rotatable bonds is 3. The van der Waals surface area contributed by atoms with Crippen molar-refractivity contribution in [1.82, 2.24) is 14.9 Å². The Kier molecular flexibility index (Phi) is 3.09. The van der Waals surface area contributed by atoms with Gasteiger partial charge in [-0.05, 0) is 38.5 Å². The van der Waals surface area contributed by atoms with Gasteiger partial charge in [0, 0.05) is 18.8 Å². The van der Waals surface area contributed by atoms with Crippen LogP contribution in [-0.4, -0.2) is 44.6 Å². The fraction of sp³-hybridized carbons (Fsp3) is 0.714.